The van der Waals surface area contributed by atoms with Gasteiger partial charge in [0.2, 0.25) is 0 Å². The van der Waals surface area contributed by atoms with Crippen molar-refractivity contribution in [3.63, 3.8) is 0 Å². The lowest BCUT2D eigenvalue weighted by atomic mass is 9.96. The van der Waals surface area contributed by atoms with E-state index in [1.165, 1.54) is 19.3 Å². The summed E-state index contributed by atoms with van der Waals surface area (Å²) in [5, 5.41) is 6.02. The lowest BCUT2D eigenvalue weighted by Crippen LogP contribution is -2.48. The predicted octanol–water partition coefficient (Wildman–Crippen LogP) is 1.57. The van der Waals surface area contributed by atoms with Crippen LogP contribution >= 0.6 is 0 Å². The van der Waals surface area contributed by atoms with E-state index in [0.717, 1.165) is 19.4 Å². The predicted molar refractivity (Wildman–Crippen MR) is 66.6 cm³/mol. The Labute approximate surface area is 98.8 Å². The lowest BCUT2D eigenvalue weighted by molar-refractivity contribution is 0.226. The first-order chi connectivity index (χ1) is 7.58. The van der Waals surface area contributed by atoms with Crippen molar-refractivity contribution in [2.24, 2.45) is 0 Å². The molecule has 1 fully saturated rings. The van der Waals surface area contributed by atoms with Crippen LogP contribution in [-0.4, -0.2) is 43.7 Å². The third kappa shape index (κ3) is 5.35. The van der Waals surface area contributed by atoms with Crippen LogP contribution in [-0.2, 0) is 0 Å². The Hall–Kier alpha value is -0.770. The molecule has 1 unspecified atom stereocenters. The SMILES string of the molecule is CC(CN(C)C)NC(=O)NC1CCCCC1. The third-order valence-corrected chi connectivity index (χ3v) is 2.96. The average molecular weight is 227 g/mol. The summed E-state index contributed by atoms with van der Waals surface area (Å²) in [4.78, 5) is 13.7. The quantitative estimate of drug-likeness (QED) is 0.765. The van der Waals surface area contributed by atoms with E-state index >= 15 is 0 Å². The fourth-order valence-electron chi connectivity index (χ4n) is 2.29. The van der Waals surface area contributed by atoms with Gasteiger partial charge in [-0.1, -0.05) is 19.3 Å². The van der Waals surface area contributed by atoms with Crippen molar-refractivity contribution in [1.82, 2.24) is 15.5 Å². The molecular formula is C12H25N3O. The second kappa shape index (κ2) is 6.74. The highest BCUT2D eigenvalue weighted by atomic mass is 16.2. The van der Waals surface area contributed by atoms with E-state index in [4.69, 9.17) is 0 Å². The zero-order chi connectivity index (χ0) is 12.0. The Morgan fingerprint density at radius 2 is 1.94 bits per heavy atom. The number of carbonyl (C=O) groups is 1. The lowest BCUT2D eigenvalue weighted by Gasteiger charge is -2.25. The van der Waals surface area contributed by atoms with Crippen molar-refractivity contribution in [2.45, 2.75) is 51.1 Å². The molecule has 16 heavy (non-hydrogen) atoms. The van der Waals surface area contributed by atoms with Crippen LogP contribution in [0.3, 0.4) is 0 Å². The maximum Gasteiger partial charge on any atom is 0.315 e. The van der Waals surface area contributed by atoms with Crippen LogP contribution in [0, 0.1) is 0 Å². The van der Waals surface area contributed by atoms with Crippen LogP contribution in [0.5, 0.6) is 0 Å². The fraction of sp³-hybridized carbons (Fsp3) is 0.917. The van der Waals surface area contributed by atoms with Gasteiger partial charge in [-0.3, -0.25) is 0 Å². The molecule has 1 atom stereocenters. The number of amides is 2. The zero-order valence-electron chi connectivity index (χ0n) is 10.8. The summed E-state index contributed by atoms with van der Waals surface area (Å²) in [6.07, 6.45) is 6.08. The van der Waals surface area contributed by atoms with E-state index in [-0.39, 0.29) is 12.1 Å². The van der Waals surface area contributed by atoms with Crippen LogP contribution in [0.1, 0.15) is 39.0 Å². The fourth-order valence-corrected chi connectivity index (χ4v) is 2.29. The first-order valence-corrected chi connectivity index (χ1v) is 6.29. The van der Waals surface area contributed by atoms with E-state index in [2.05, 4.69) is 15.5 Å². The molecule has 0 bridgehead atoms. The molecule has 1 rings (SSSR count). The molecule has 1 aliphatic carbocycles. The highest BCUT2D eigenvalue weighted by Gasteiger charge is 2.16. The molecular weight excluding hydrogens is 202 g/mol. The summed E-state index contributed by atoms with van der Waals surface area (Å²) in [6.45, 7) is 2.90. The van der Waals surface area contributed by atoms with Gasteiger partial charge in [-0.25, -0.2) is 4.79 Å². The summed E-state index contributed by atoms with van der Waals surface area (Å²) < 4.78 is 0. The van der Waals surface area contributed by atoms with Crippen molar-refractivity contribution in [2.75, 3.05) is 20.6 Å². The summed E-state index contributed by atoms with van der Waals surface area (Å²) in [5.74, 6) is 0. The minimum atomic E-state index is -0.0127. The van der Waals surface area contributed by atoms with E-state index in [9.17, 15) is 4.79 Å². The van der Waals surface area contributed by atoms with Crippen molar-refractivity contribution in [3.05, 3.63) is 0 Å². The Morgan fingerprint density at radius 1 is 1.31 bits per heavy atom. The van der Waals surface area contributed by atoms with Crippen molar-refractivity contribution < 1.29 is 4.79 Å². The van der Waals surface area contributed by atoms with Gasteiger partial charge in [-0.15, -0.1) is 0 Å². The van der Waals surface area contributed by atoms with E-state index < -0.39 is 0 Å². The normalized spacial score (nSPS) is 19.5. The number of hydrogen-bond donors (Lipinski definition) is 2. The van der Waals surface area contributed by atoms with Gasteiger partial charge in [0, 0.05) is 18.6 Å². The van der Waals surface area contributed by atoms with Gasteiger partial charge < -0.3 is 15.5 Å². The van der Waals surface area contributed by atoms with Gasteiger partial charge >= 0.3 is 6.03 Å². The molecule has 94 valence electrons. The molecule has 0 spiro atoms. The second-order valence-electron chi connectivity index (χ2n) is 5.12. The smallest absolute Gasteiger partial charge is 0.315 e. The number of likely N-dealkylation sites (N-methyl/N-ethyl adjacent to an activating group) is 1. The molecule has 1 saturated carbocycles. The number of urea groups is 1. The molecule has 0 aromatic carbocycles. The maximum atomic E-state index is 11.7. The number of carbonyl (C=O) groups excluding carboxylic acids is 1. The monoisotopic (exact) mass is 227 g/mol. The topological polar surface area (TPSA) is 44.4 Å². The van der Waals surface area contributed by atoms with Crippen LogP contribution in [0.4, 0.5) is 4.79 Å². The highest BCUT2D eigenvalue weighted by Crippen LogP contribution is 2.17. The molecule has 0 heterocycles. The van der Waals surface area contributed by atoms with Crippen LogP contribution < -0.4 is 10.6 Å². The molecule has 0 radical (unpaired) electrons. The number of hydrogen-bond acceptors (Lipinski definition) is 2. The van der Waals surface area contributed by atoms with Crippen LogP contribution in [0.15, 0.2) is 0 Å². The Balaban J connectivity index is 2.18. The molecule has 2 amide bonds. The van der Waals surface area contributed by atoms with Gasteiger partial charge in [0.05, 0.1) is 0 Å². The standard InChI is InChI=1S/C12H25N3O/c1-10(9-15(2)3)13-12(16)14-11-7-5-4-6-8-11/h10-11H,4-9H2,1-3H3,(H2,13,14,16). The van der Waals surface area contributed by atoms with Gasteiger partial charge in [0.25, 0.3) is 0 Å². The minimum Gasteiger partial charge on any atom is -0.335 e. The summed E-state index contributed by atoms with van der Waals surface area (Å²) in [6, 6.07) is 0.570. The van der Waals surface area contributed by atoms with E-state index in [1.807, 2.05) is 21.0 Å². The molecule has 0 saturated heterocycles. The Kier molecular flexibility index (Phi) is 5.60. The second-order valence-corrected chi connectivity index (χ2v) is 5.12. The summed E-state index contributed by atoms with van der Waals surface area (Å²) in [7, 11) is 4.02. The van der Waals surface area contributed by atoms with E-state index in [1.54, 1.807) is 0 Å². The van der Waals surface area contributed by atoms with Gasteiger partial charge in [0.15, 0.2) is 0 Å². The Morgan fingerprint density at radius 3 is 2.50 bits per heavy atom. The Bertz CT molecular complexity index is 212. The third-order valence-electron chi connectivity index (χ3n) is 2.96. The molecule has 4 nitrogen and oxygen atoms in total. The molecule has 0 aliphatic heterocycles. The minimum absolute atomic E-state index is 0.0127. The number of nitrogens with one attached hydrogen (secondary N) is 2. The average Bonchev–Trinajstić information content (AvgIpc) is 2.17. The van der Waals surface area contributed by atoms with Crippen LogP contribution in [0.2, 0.25) is 0 Å². The van der Waals surface area contributed by atoms with Crippen molar-refractivity contribution in [1.29, 1.82) is 0 Å². The first-order valence-electron chi connectivity index (χ1n) is 6.29. The van der Waals surface area contributed by atoms with Gasteiger partial charge in [0.1, 0.15) is 0 Å². The maximum absolute atomic E-state index is 11.7. The molecule has 4 heteroatoms. The molecule has 0 aromatic rings. The van der Waals surface area contributed by atoms with Crippen LogP contribution in [0.25, 0.3) is 0 Å². The molecule has 2 N–H and O–H groups in total. The number of rotatable bonds is 4. The van der Waals surface area contributed by atoms with E-state index in [0.29, 0.717) is 6.04 Å². The number of nitrogens with zero attached hydrogens (tertiary/aromatic N) is 1. The molecule has 1 aliphatic rings. The van der Waals surface area contributed by atoms with Gasteiger partial charge in [-0.05, 0) is 33.9 Å². The zero-order valence-corrected chi connectivity index (χ0v) is 10.8. The largest absolute Gasteiger partial charge is 0.335 e. The van der Waals surface area contributed by atoms with Crippen molar-refractivity contribution in [3.8, 4) is 0 Å². The van der Waals surface area contributed by atoms with Crippen molar-refractivity contribution >= 4 is 6.03 Å². The van der Waals surface area contributed by atoms with Gasteiger partial charge in [-0.2, -0.15) is 0 Å². The molecule has 0 aromatic heterocycles. The summed E-state index contributed by atoms with van der Waals surface area (Å²) >= 11 is 0. The first kappa shape index (κ1) is 13.3. The summed E-state index contributed by atoms with van der Waals surface area (Å²) in [5.41, 5.74) is 0. The highest BCUT2D eigenvalue weighted by molar-refractivity contribution is 5.74.